The molecule has 0 aliphatic carbocycles. The molecule has 1 rings (SSSR count). The van der Waals surface area contributed by atoms with Crippen molar-refractivity contribution in [3.8, 4) is 0 Å². The number of imide groups is 1. The van der Waals surface area contributed by atoms with E-state index in [1.807, 2.05) is 5.32 Å². The van der Waals surface area contributed by atoms with Gasteiger partial charge in [0.15, 0.2) is 5.16 Å². The van der Waals surface area contributed by atoms with Crippen LogP contribution in [-0.2, 0) is 4.79 Å². The number of aromatic nitrogens is 2. The van der Waals surface area contributed by atoms with Crippen LogP contribution in [0.2, 0.25) is 0 Å². The summed E-state index contributed by atoms with van der Waals surface area (Å²) >= 11 is 1.02. The molecule has 4 N–H and O–H groups in total. The summed E-state index contributed by atoms with van der Waals surface area (Å²) < 4.78 is 0. The summed E-state index contributed by atoms with van der Waals surface area (Å²) in [6.45, 7) is 1.57. The number of aromatic amines is 1. The van der Waals surface area contributed by atoms with Gasteiger partial charge in [-0.25, -0.2) is 9.78 Å². The number of primary amides is 1. The molecule has 0 fully saturated rings. The predicted molar refractivity (Wildman–Crippen MR) is 57.9 cm³/mol. The molecule has 1 heterocycles. The van der Waals surface area contributed by atoms with E-state index < -0.39 is 17.2 Å². The van der Waals surface area contributed by atoms with Gasteiger partial charge in [0.2, 0.25) is 5.91 Å². The van der Waals surface area contributed by atoms with Crippen molar-refractivity contribution in [2.75, 3.05) is 0 Å². The van der Waals surface area contributed by atoms with E-state index in [4.69, 9.17) is 5.73 Å². The van der Waals surface area contributed by atoms with Crippen molar-refractivity contribution in [3.63, 3.8) is 0 Å². The van der Waals surface area contributed by atoms with Gasteiger partial charge in [-0.3, -0.25) is 14.9 Å². The molecule has 0 aliphatic rings. The first kappa shape index (κ1) is 12.2. The number of thioether (sulfide) groups is 1. The highest BCUT2D eigenvalue weighted by molar-refractivity contribution is 8.00. The van der Waals surface area contributed by atoms with Gasteiger partial charge in [0.1, 0.15) is 0 Å². The average Bonchev–Trinajstić information content (AvgIpc) is 2.16. The third-order valence-electron chi connectivity index (χ3n) is 1.55. The fraction of sp³-hybridized carbons (Fsp3) is 0.250. The van der Waals surface area contributed by atoms with E-state index in [0.29, 0.717) is 5.16 Å². The number of carbonyl (C=O) groups excluding carboxylic acids is 2. The largest absolute Gasteiger partial charge is 0.351 e. The maximum atomic E-state index is 11.3. The summed E-state index contributed by atoms with van der Waals surface area (Å²) in [5.74, 6) is -0.538. The minimum atomic E-state index is -0.910. The molecule has 0 saturated carbocycles. The molecule has 3 amide bonds. The van der Waals surface area contributed by atoms with Gasteiger partial charge in [-0.05, 0) is 6.92 Å². The third-order valence-corrected chi connectivity index (χ3v) is 2.55. The Morgan fingerprint density at radius 2 is 2.31 bits per heavy atom. The Balaban J connectivity index is 2.64. The highest BCUT2D eigenvalue weighted by atomic mass is 32.2. The highest BCUT2D eigenvalue weighted by Crippen LogP contribution is 2.17. The Kier molecular flexibility index (Phi) is 4.06. The first-order valence-electron chi connectivity index (χ1n) is 4.31. The van der Waals surface area contributed by atoms with Crippen LogP contribution in [0.1, 0.15) is 6.92 Å². The normalized spacial score (nSPS) is 11.8. The van der Waals surface area contributed by atoms with Crippen molar-refractivity contribution in [2.24, 2.45) is 5.73 Å². The van der Waals surface area contributed by atoms with Gasteiger partial charge in [0.25, 0.3) is 5.56 Å². The second kappa shape index (κ2) is 5.31. The molecule has 16 heavy (non-hydrogen) atoms. The van der Waals surface area contributed by atoms with Crippen LogP contribution in [0.4, 0.5) is 4.79 Å². The Hall–Kier alpha value is -1.83. The molecular formula is C8H10N4O3S. The molecule has 0 spiro atoms. The number of H-pyrrole nitrogens is 1. The Morgan fingerprint density at radius 3 is 2.88 bits per heavy atom. The molecule has 1 aromatic rings. The summed E-state index contributed by atoms with van der Waals surface area (Å²) in [5, 5.41) is 1.66. The molecule has 7 nitrogen and oxygen atoms in total. The maximum Gasteiger partial charge on any atom is 0.318 e. The second-order valence-electron chi connectivity index (χ2n) is 2.85. The fourth-order valence-electron chi connectivity index (χ4n) is 0.856. The Morgan fingerprint density at radius 1 is 1.62 bits per heavy atom. The predicted octanol–water partition coefficient (Wildman–Crippen LogP) is -0.555. The van der Waals surface area contributed by atoms with E-state index >= 15 is 0 Å². The van der Waals surface area contributed by atoms with Crippen LogP contribution in [0.25, 0.3) is 0 Å². The summed E-state index contributed by atoms with van der Waals surface area (Å²) in [7, 11) is 0. The molecule has 0 aliphatic heterocycles. The number of nitrogens with one attached hydrogen (secondary N) is 2. The summed E-state index contributed by atoms with van der Waals surface area (Å²) in [4.78, 5) is 39.0. The number of rotatable bonds is 3. The van der Waals surface area contributed by atoms with E-state index in [2.05, 4.69) is 9.97 Å². The fourth-order valence-corrected chi connectivity index (χ4v) is 1.64. The van der Waals surface area contributed by atoms with Crippen molar-refractivity contribution >= 4 is 23.7 Å². The molecule has 1 atom stereocenters. The molecule has 0 aromatic carbocycles. The van der Waals surface area contributed by atoms with E-state index in [-0.39, 0.29) is 5.56 Å². The van der Waals surface area contributed by atoms with E-state index in [1.54, 1.807) is 6.92 Å². The quantitative estimate of drug-likeness (QED) is 0.485. The van der Waals surface area contributed by atoms with Crippen LogP contribution >= 0.6 is 11.8 Å². The Labute approximate surface area is 94.8 Å². The van der Waals surface area contributed by atoms with E-state index in [0.717, 1.165) is 11.8 Å². The summed E-state index contributed by atoms with van der Waals surface area (Å²) in [6.07, 6.45) is 1.33. The lowest BCUT2D eigenvalue weighted by Crippen LogP contribution is -2.39. The average molecular weight is 242 g/mol. The van der Waals surface area contributed by atoms with Crippen LogP contribution < -0.4 is 16.6 Å². The Bertz CT molecular complexity index is 459. The number of amides is 3. The standard InChI is InChI=1S/C8H10N4O3S/c1-4(6(14)12-7(9)15)16-8-10-3-2-5(13)11-8/h2-4H,1H3,(H,10,11,13)(H3,9,12,14,15)/t4-/m1/s1. The molecule has 8 heteroatoms. The van der Waals surface area contributed by atoms with Gasteiger partial charge in [-0.2, -0.15) is 0 Å². The zero-order valence-electron chi connectivity index (χ0n) is 8.39. The van der Waals surface area contributed by atoms with Gasteiger partial charge in [0.05, 0.1) is 5.25 Å². The van der Waals surface area contributed by atoms with E-state index in [1.165, 1.54) is 12.3 Å². The van der Waals surface area contributed by atoms with Crippen LogP contribution in [0.15, 0.2) is 22.2 Å². The van der Waals surface area contributed by atoms with Gasteiger partial charge >= 0.3 is 6.03 Å². The van der Waals surface area contributed by atoms with Crippen molar-refractivity contribution in [2.45, 2.75) is 17.3 Å². The number of nitrogens with zero attached hydrogens (tertiary/aromatic N) is 1. The first-order chi connectivity index (χ1) is 7.49. The maximum absolute atomic E-state index is 11.3. The topological polar surface area (TPSA) is 118 Å². The minimum absolute atomic E-state index is 0.305. The zero-order chi connectivity index (χ0) is 12.1. The highest BCUT2D eigenvalue weighted by Gasteiger charge is 2.16. The minimum Gasteiger partial charge on any atom is -0.351 e. The number of hydrogen-bond acceptors (Lipinski definition) is 5. The van der Waals surface area contributed by atoms with Gasteiger partial charge < -0.3 is 10.7 Å². The summed E-state index contributed by atoms with van der Waals surface area (Å²) in [6, 6.07) is 0.352. The molecule has 0 unspecified atom stereocenters. The van der Waals surface area contributed by atoms with Gasteiger partial charge in [-0.15, -0.1) is 0 Å². The first-order valence-corrected chi connectivity index (χ1v) is 5.19. The molecule has 86 valence electrons. The lowest BCUT2D eigenvalue weighted by Gasteiger charge is -2.08. The van der Waals surface area contributed by atoms with Crippen LogP contribution in [0, 0.1) is 0 Å². The SMILES string of the molecule is C[C@@H](Sc1nccc(=O)[nH]1)C(=O)NC(N)=O. The molecule has 0 saturated heterocycles. The molecule has 0 bridgehead atoms. The van der Waals surface area contributed by atoms with Crippen molar-refractivity contribution < 1.29 is 9.59 Å². The third kappa shape index (κ3) is 3.73. The lowest BCUT2D eigenvalue weighted by atomic mass is 10.4. The zero-order valence-corrected chi connectivity index (χ0v) is 9.21. The lowest BCUT2D eigenvalue weighted by molar-refractivity contribution is -0.119. The summed E-state index contributed by atoms with van der Waals surface area (Å²) in [5.41, 5.74) is 4.49. The number of nitrogens with two attached hydrogens (primary N) is 1. The van der Waals surface area contributed by atoms with Crippen LogP contribution in [-0.4, -0.2) is 27.2 Å². The number of hydrogen-bond donors (Lipinski definition) is 3. The molecule has 0 radical (unpaired) electrons. The van der Waals surface area contributed by atoms with E-state index in [9.17, 15) is 14.4 Å². The number of urea groups is 1. The van der Waals surface area contributed by atoms with Crippen molar-refractivity contribution in [1.82, 2.24) is 15.3 Å². The van der Waals surface area contributed by atoms with Gasteiger partial charge in [-0.1, -0.05) is 11.8 Å². The smallest absolute Gasteiger partial charge is 0.318 e. The van der Waals surface area contributed by atoms with Crippen molar-refractivity contribution in [1.29, 1.82) is 0 Å². The second-order valence-corrected chi connectivity index (χ2v) is 4.18. The van der Waals surface area contributed by atoms with Gasteiger partial charge in [0, 0.05) is 12.3 Å². The van der Waals surface area contributed by atoms with Crippen LogP contribution in [0.3, 0.4) is 0 Å². The molecule has 1 aromatic heterocycles. The molecular weight excluding hydrogens is 232 g/mol. The van der Waals surface area contributed by atoms with Crippen LogP contribution in [0.5, 0.6) is 0 Å². The monoisotopic (exact) mass is 242 g/mol. The van der Waals surface area contributed by atoms with Crippen molar-refractivity contribution in [3.05, 3.63) is 22.6 Å². The number of carbonyl (C=O) groups is 2.